The van der Waals surface area contributed by atoms with Crippen LogP contribution in [0.25, 0.3) is 0 Å². The second-order valence-electron chi connectivity index (χ2n) is 6.43. The summed E-state index contributed by atoms with van der Waals surface area (Å²) < 4.78 is 23.5. The molecule has 4 amide bonds. The number of carbonyl (C=O) groups excluding carboxylic acids is 3. The summed E-state index contributed by atoms with van der Waals surface area (Å²) in [5.41, 5.74) is -0.750. The molecule has 2 N–H and O–H groups in total. The van der Waals surface area contributed by atoms with Crippen molar-refractivity contribution < 1.29 is 22.8 Å². The van der Waals surface area contributed by atoms with Gasteiger partial charge in [-0.15, -0.1) is 0 Å². The number of rotatable bonds is 4. The highest BCUT2D eigenvalue weighted by atomic mass is 32.2. The summed E-state index contributed by atoms with van der Waals surface area (Å²) in [5.74, 6) is -1.02. The zero-order valence-corrected chi connectivity index (χ0v) is 14.6. The van der Waals surface area contributed by atoms with Gasteiger partial charge in [-0.05, 0) is 25.0 Å². The van der Waals surface area contributed by atoms with E-state index in [1.807, 2.05) is 0 Å². The molecule has 1 spiro atoms. The fraction of sp³-hybridized carbons (Fsp3) is 0.438. The van der Waals surface area contributed by atoms with Gasteiger partial charge in [0, 0.05) is 6.26 Å². The van der Waals surface area contributed by atoms with Gasteiger partial charge in [-0.1, -0.05) is 25.0 Å². The lowest BCUT2D eigenvalue weighted by Crippen LogP contribution is -2.44. The SMILES string of the molecule is CS(=O)(=O)c1ccccc1NC(=O)CN1C(=O)NC2(CCCC2)C1=O. The van der Waals surface area contributed by atoms with Crippen molar-refractivity contribution in [2.24, 2.45) is 0 Å². The predicted octanol–water partition coefficient (Wildman–Crippen LogP) is 0.893. The lowest BCUT2D eigenvalue weighted by Gasteiger charge is -2.20. The Bertz CT molecular complexity index is 843. The molecule has 0 bridgehead atoms. The van der Waals surface area contributed by atoms with E-state index >= 15 is 0 Å². The van der Waals surface area contributed by atoms with Gasteiger partial charge in [0.05, 0.1) is 10.6 Å². The van der Waals surface area contributed by atoms with Crippen LogP contribution in [0.4, 0.5) is 10.5 Å². The summed E-state index contributed by atoms with van der Waals surface area (Å²) in [6.07, 6.45) is 3.90. The Hall–Kier alpha value is -2.42. The highest BCUT2D eigenvalue weighted by Gasteiger charge is 2.52. The molecule has 25 heavy (non-hydrogen) atoms. The van der Waals surface area contributed by atoms with E-state index in [2.05, 4.69) is 10.6 Å². The topological polar surface area (TPSA) is 113 Å². The van der Waals surface area contributed by atoms with E-state index in [1.165, 1.54) is 12.1 Å². The van der Waals surface area contributed by atoms with Crippen LogP contribution in [-0.2, 0) is 19.4 Å². The average molecular weight is 365 g/mol. The quantitative estimate of drug-likeness (QED) is 0.770. The van der Waals surface area contributed by atoms with Crippen LogP contribution in [0.5, 0.6) is 0 Å². The standard InChI is InChI=1S/C16H19N3O5S/c1-25(23,24)12-7-3-2-6-11(12)17-13(20)10-19-14(21)16(18-15(19)22)8-4-5-9-16/h2-3,6-7H,4-5,8-10H2,1H3,(H,17,20)(H,18,22). The molecule has 1 aromatic carbocycles. The molecule has 0 atom stereocenters. The minimum atomic E-state index is -3.52. The van der Waals surface area contributed by atoms with Gasteiger partial charge < -0.3 is 10.6 Å². The molecule has 1 saturated heterocycles. The third-order valence-corrected chi connectivity index (χ3v) is 5.72. The summed E-state index contributed by atoms with van der Waals surface area (Å²) in [5, 5.41) is 5.17. The summed E-state index contributed by atoms with van der Waals surface area (Å²) >= 11 is 0. The number of anilines is 1. The number of hydrogen-bond donors (Lipinski definition) is 2. The van der Waals surface area contributed by atoms with Crippen molar-refractivity contribution in [1.82, 2.24) is 10.2 Å². The first-order valence-corrected chi connectivity index (χ1v) is 9.85. The Morgan fingerprint density at radius 1 is 1.24 bits per heavy atom. The van der Waals surface area contributed by atoms with Crippen molar-refractivity contribution in [3.05, 3.63) is 24.3 Å². The van der Waals surface area contributed by atoms with Gasteiger partial charge in [-0.25, -0.2) is 13.2 Å². The Morgan fingerprint density at radius 3 is 2.52 bits per heavy atom. The molecular weight excluding hydrogens is 346 g/mol. The van der Waals surface area contributed by atoms with Crippen molar-refractivity contribution in [2.45, 2.75) is 36.1 Å². The Kier molecular flexibility index (Phi) is 4.28. The Balaban J connectivity index is 1.74. The van der Waals surface area contributed by atoms with Crippen LogP contribution in [0.15, 0.2) is 29.2 Å². The molecule has 8 nitrogen and oxygen atoms in total. The van der Waals surface area contributed by atoms with Crippen molar-refractivity contribution in [2.75, 3.05) is 18.1 Å². The van der Waals surface area contributed by atoms with E-state index in [1.54, 1.807) is 12.1 Å². The predicted molar refractivity (Wildman–Crippen MR) is 89.6 cm³/mol. The molecular formula is C16H19N3O5S. The third kappa shape index (κ3) is 3.23. The Morgan fingerprint density at radius 2 is 1.88 bits per heavy atom. The number of carbonyl (C=O) groups is 3. The van der Waals surface area contributed by atoms with Gasteiger partial charge in [0.1, 0.15) is 12.1 Å². The molecule has 1 aliphatic carbocycles. The van der Waals surface area contributed by atoms with Crippen LogP contribution in [0.2, 0.25) is 0 Å². The summed E-state index contributed by atoms with van der Waals surface area (Å²) in [6, 6.07) is 5.39. The van der Waals surface area contributed by atoms with Crippen LogP contribution in [0.1, 0.15) is 25.7 Å². The minimum absolute atomic E-state index is 0.0205. The van der Waals surface area contributed by atoms with Gasteiger partial charge in [-0.3, -0.25) is 14.5 Å². The van der Waals surface area contributed by atoms with Crippen molar-refractivity contribution in [3.8, 4) is 0 Å². The van der Waals surface area contributed by atoms with Crippen molar-refractivity contribution in [1.29, 1.82) is 0 Å². The first-order valence-electron chi connectivity index (χ1n) is 7.96. The van der Waals surface area contributed by atoms with Crippen LogP contribution < -0.4 is 10.6 Å². The lowest BCUT2D eigenvalue weighted by atomic mass is 9.98. The summed E-state index contributed by atoms with van der Waals surface area (Å²) in [4.78, 5) is 37.7. The van der Waals surface area contributed by atoms with E-state index in [0.717, 1.165) is 24.0 Å². The van der Waals surface area contributed by atoms with E-state index in [9.17, 15) is 22.8 Å². The smallest absolute Gasteiger partial charge is 0.323 e. The summed E-state index contributed by atoms with van der Waals surface area (Å²) in [6.45, 7) is -0.454. The number of benzene rings is 1. The number of nitrogens with zero attached hydrogens (tertiary/aromatic N) is 1. The Labute approximate surface area is 145 Å². The molecule has 0 unspecified atom stereocenters. The number of amides is 4. The molecule has 1 aromatic rings. The molecule has 134 valence electrons. The molecule has 9 heteroatoms. The van der Waals surface area contributed by atoms with Crippen LogP contribution in [0, 0.1) is 0 Å². The second kappa shape index (κ2) is 6.14. The van der Waals surface area contributed by atoms with Gasteiger partial charge in [-0.2, -0.15) is 0 Å². The number of para-hydroxylation sites is 1. The van der Waals surface area contributed by atoms with Gasteiger partial charge in [0.2, 0.25) is 5.91 Å². The zero-order chi connectivity index (χ0) is 18.2. The minimum Gasteiger partial charge on any atom is -0.323 e. The maximum atomic E-state index is 12.5. The van der Waals surface area contributed by atoms with Crippen molar-refractivity contribution in [3.63, 3.8) is 0 Å². The molecule has 0 radical (unpaired) electrons. The average Bonchev–Trinajstić information content (AvgIpc) is 3.08. The maximum absolute atomic E-state index is 12.5. The molecule has 1 saturated carbocycles. The van der Waals surface area contributed by atoms with E-state index in [0.29, 0.717) is 12.8 Å². The lowest BCUT2D eigenvalue weighted by molar-refractivity contribution is -0.133. The van der Waals surface area contributed by atoms with Crippen LogP contribution >= 0.6 is 0 Å². The molecule has 2 aliphatic rings. The van der Waals surface area contributed by atoms with Crippen LogP contribution in [-0.4, -0.2) is 49.5 Å². The number of imide groups is 1. The fourth-order valence-electron chi connectivity index (χ4n) is 3.36. The molecule has 1 aliphatic heterocycles. The number of sulfone groups is 1. The highest BCUT2D eigenvalue weighted by molar-refractivity contribution is 7.90. The number of hydrogen-bond acceptors (Lipinski definition) is 5. The molecule has 0 aromatic heterocycles. The highest BCUT2D eigenvalue weighted by Crippen LogP contribution is 2.35. The zero-order valence-electron chi connectivity index (χ0n) is 13.7. The normalized spacial score (nSPS) is 19.3. The molecule has 2 fully saturated rings. The fourth-order valence-corrected chi connectivity index (χ4v) is 4.21. The molecule has 3 rings (SSSR count). The molecule has 1 heterocycles. The van der Waals surface area contributed by atoms with E-state index in [-0.39, 0.29) is 16.5 Å². The largest absolute Gasteiger partial charge is 0.325 e. The van der Waals surface area contributed by atoms with E-state index < -0.39 is 33.9 Å². The van der Waals surface area contributed by atoms with E-state index in [4.69, 9.17) is 0 Å². The number of nitrogens with one attached hydrogen (secondary N) is 2. The first kappa shape index (κ1) is 17.4. The van der Waals surface area contributed by atoms with Crippen LogP contribution in [0.3, 0.4) is 0 Å². The van der Waals surface area contributed by atoms with Gasteiger partial charge >= 0.3 is 6.03 Å². The third-order valence-electron chi connectivity index (χ3n) is 4.57. The van der Waals surface area contributed by atoms with Gasteiger partial charge in [0.25, 0.3) is 5.91 Å². The first-order chi connectivity index (χ1) is 11.7. The van der Waals surface area contributed by atoms with Gasteiger partial charge in [0.15, 0.2) is 9.84 Å². The van der Waals surface area contributed by atoms with Crippen molar-refractivity contribution >= 4 is 33.4 Å². The summed E-state index contributed by atoms with van der Waals surface area (Å²) in [7, 11) is -3.52. The maximum Gasteiger partial charge on any atom is 0.325 e. The monoisotopic (exact) mass is 365 g/mol. The second-order valence-corrected chi connectivity index (χ2v) is 8.41. The number of urea groups is 1.